The standard InChI is InChI=1S/C14H26N4O/c1-14(2,3)6-8-19-9-7-18-11-13(16-17-18)10-15-12-4-5-12/h11-12,15H,4-10H2,1-3H3. The third-order valence-corrected chi connectivity index (χ3v) is 3.20. The maximum atomic E-state index is 5.63. The number of hydrogen-bond acceptors (Lipinski definition) is 4. The van der Waals surface area contributed by atoms with Gasteiger partial charge in [-0.2, -0.15) is 0 Å². The van der Waals surface area contributed by atoms with E-state index in [2.05, 4.69) is 36.4 Å². The van der Waals surface area contributed by atoms with Gasteiger partial charge in [0.25, 0.3) is 0 Å². The SMILES string of the molecule is CC(C)(C)CCOCCn1cc(CNC2CC2)nn1. The average Bonchev–Trinajstić information content (AvgIpc) is 3.05. The molecule has 0 amide bonds. The number of hydrogen-bond donors (Lipinski definition) is 1. The van der Waals surface area contributed by atoms with Gasteiger partial charge >= 0.3 is 0 Å². The number of aromatic nitrogens is 3. The van der Waals surface area contributed by atoms with Gasteiger partial charge in [-0.15, -0.1) is 5.10 Å². The summed E-state index contributed by atoms with van der Waals surface area (Å²) in [7, 11) is 0. The first-order valence-electron chi connectivity index (χ1n) is 7.23. The molecule has 0 bridgehead atoms. The van der Waals surface area contributed by atoms with Gasteiger partial charge in [0.15, 0.2) is 0 Å². The molecule has 0 saturated heterocycles. The molecule has 1 aromatic rings. The van der Waals surface area contributed by atoms with E-state index in [1.165, 1.54) is 12.8 Å². The van der Waals surface area contributed by atoms with Crippen molar-refractivity contribution in [2.24, 2.45) is 5.41 Å². The lowest BCUT2D eigenvalue weighted by Crippen LogP contribution is -2.15. The molecule has 1 fully saturated rings. The Morgan fingerprint density at radius 2 is 2.16 bits per heavy atom. The summed E-state index contributed by atoms with van der Waals surface area (Å²) in [5.41, 5.74) is 1.36. The van der Waals surface area contributed by atoms with Crippen molar-refractivity contribution in [2.45, 2.75) is 59.2 Å². The molecule has 1 heterocycles. The molecule has 1 aliphatic carbocycles. The molecule has 5 heteroatoms. The van der Waals surface area contributed by atoms with Gasteiger partial charge in [0.1, 0.15) is 0 Å². The van der Waals surface area contributed by atoms with E-state index in [0.717, 1.165) is 31.8 Å². The Kier molecular flexibility index (Phi) is 4.93. The molecule has 0 radical (unpaired) electrons. The van der Waals surface area contributed by atoms with E-state index in [1.54, 1.807) is 0 Å². The molecule has 1 saturated carbocycles. The lowest BCUT2D eigenvalue weighted by Gasteiger charge is -2.17. The van der Waals surface area contributed by atoms with Crippen LogP contribution >= 0.6 is 0 Å². The minimum Gasteiger partial charge on any atom is -0.380 e. The number of nitrogens with zero attached hydrogens (tertiary/aromatic N) is 3. The van der Waals surface area contributed by atoms with E-state index in [9.17, 15) is 0 Å². The third-order valence-electron chi connectivity index (χ3n) is 3.20. The Hall–Kier alpha value is -0.940. The minimum absolute atomic E-state index is 0.342. The van der Waals surface area contributed by atoms with Crippen LogP contribution in [0.15, 0.2) is 6.20 Å². The largest absolute Gasteiger partial charge is 0.380 e. The topological polar surface area (TPSA) is 52.0 Å². The first-order valence-corrected chi connectivity index (χ1v) is 7.23. The highest BCUT2D eigenvalue weighted by atomic mass is 16.5. The van der Waals surface area contributed by atoms with Crippen LogP contribution in [0.4, 0.5) is 0 Å². The smallest absolute Gasteiger partial charge is 0.0964 e. The first kappa shape index (κ1) is 14.5. The Morgan fingerprint density at radius 1 is 1.37 bits per heavy atom. The molecule has 2 rings (SSSR count). The van der Waals surface area contributed by atoms with E-state index in [4.69, 9.17) is 4.74 Å². The van der Waals surface area contributed by atoms with Crippen LogP contribution in [0.2, 0.25) is 0 Å². The van der Waals surface area contributed by atoms with Crippen molar-refractivity contribution >= 4 is 0 Å². The predicted molar refractivity (Wildman–Crippen MR) is 74.8 cm³/mol. The molecule has 19 heavy (non-hydrogen) atoms. The van der Waals surface area contributed by atoms with Crippen molar-refractivity contribution in [1.82, 2.24) is 20.3 Å². The Labute approximate surface area is 115 Å². The van der Waals surface area contributed by atoms with Crippen LogP contribution in [0.25, 0.3) is 0 Å². The van der Waals surface area contributed by atoms with Crippen molar-refractivity contribution in [3.8, 4) is 0 Å². The second-order valence-corrected chi connectivity index (χ2v) is 6.55. The molecule has 108 valence electrons. The quantitative estimate of drug-likeness (QED) is 0.731. The number of nitrogens with one attached hydrogen (secondary N) is 1. The Bertz CT molecular complexity index is 379. The zero-order valence-corrected chi connectivity index (χ0v) is 12.4. The first-order chi connectivity index (χ1) is 9.03. The van der Waals surface area contributed by atoms with Crippen molar-refractivity contribution in [3.63, 3.8) is 0 Å². The minimum atomic E-state index is 0.342. The summed E-state index contributed by atoms with van der Waals surface area (Å²) in [4.78, 5) is 0. The highest BCUT2D eigenvalue weighted by molar-refractivity contribution is 4.94. The lowest BCUT2D eigenvalue weighted by molar-refractivity contribution is 0.0996. The highest BCUT2D eigenvalue weighted by Gasteiger charge is 2.20. The number of ether oxygens (including phenoxy) is 1. The van der Waals surface area contributed by atoms with Crippen LogP contribution in [0.1, 0.15) is 45.7 Å². The molecule has 0 aliphatic heterocycles. The molecular weight excluding hydrogens is 240 g/mol. The van der Waals surface area contributed by atoms with Gasteiger partial charge in [-0.3, -0.25) is 0 Å². The fourth-order valence-electron chi connectivity index (χ4n) is 1.70. The molecule has 0 atom stereocenters. The van der Waals surface area contributed by atoms with E-state index >= 15 is 0 Å². The predicted octanol–water partition coefficient (Wildman–Crippen LogP) is 1.98. The van der Waals surface area contributed by atoms with Crippen molar-refractivity contribution < 1.29 is 4.74 Å². The lowest BCUT2D eigenvalue weighted by atomic mass is 9.93. The summed E-state index contributed by atoms with van der Waals surface area (Å²) < 4.78 is 7.49. The summed E-state index contributed by atoms with van der Waals surface area (Å²) >= 11 is 0. The Morgan fingerprint density at radius 3 is 2.84 bits per heavy atom. The molecular formula is C14H26N4O. The molecule has 5 nitrogen and oxygen atoms in total. The van der Waals surface area contributed by atoms with Gasteiger partial charge in [-0.25, -0.2) is 4.68 Å². The maximum Gasteiger partial charge on any atom is 0.0964 e. The summed E-state index contributed by atoms with van der Waals surface area (Å²) in [5.74, 6) is 0. The summed E-state index contributed by atoms with van der Waals surface area (Å²) in [5, 5.41) is 11.7. The van der Waals surface area contributed by atoms with Crippen LogP contribution in [0.5, 0.6) is 0 Å². The van der Waals surface area contributed by atoms with Crippen LogP contribution in [0, 0.1) is 5.41 Å². The average molecular weight is 266 g/mol. The van der Waals surface area contributed by atoms with E-state index in [0.29, 0.717) is 18.1 Å². The van der Waals surface area contributed by atoms with E-state index in [1.807, 2.05) is 10.9 Å². The zero-order chi connectivity index (χ0) is 13.7. The molecule has 0 aromatic carbocycles. The van der Waals surface area contributed by atoms with Gasteiger partial charge < -0.3 is 10.1 Å². The van der Waals surface area contributed by atoms with Gasteiger partial charge in [-0.1, -0.05) is 26.0 Å². The van der Waals surface area contributed by atoms with Crippen LogP contribution in [0.3, 0.4) is 0 Å². The summed E-state index contributed by atoms with van der Waals surface area (Å²) in [6, 6.07) is 0.714. The van der Waals surface area contributed by atoms with E-state index < -0.39 is 0 Å². The fraction of sp³-hybridized carbons (Fsp3) is 0.857. The molecule has 1 N–H and O–H groups in total. The fourth-order valence-corrected chi connectivity index (χ4v) is 1.70. The normalized spacial score (nSPS) is 15.9. The number of rotatable bonds is 8. The zero-order valence-electron chi connectivity index (χ0n) is 12.4. The van der Waals surface area contributed by atoms with Crippen molar-refractivity contribution in [2.75, 3.05) is 13.2 Å². The van der Waals surface area contributed by atoms with Gasteiger partial charge in [-0.05, 0) is 24.7 Å². The van der Waals surface area contributed by atoms with Crippen LogP contribution in [-0.2, 0) is 17.8 Å². The molecule has 0 spiro atoms. The van der Waals surface area contributed by atoms with Crippen molar-refractivity contribution in [1.29, 1.82) is 0 Å². The maximum absolute atomic E-state index is 5.63. The highest BCUT2D eigenvalue weighted by Crippen LogP contribution is 2.19. The second-order valence-electron chi connectivity index (χ2n) is 6.55. The third kappa shape index (κ3) is 6.16. The molecule has 1 aliphatic rings. The van der Waals surface area contributed by atoms with Gasteiger partial charge in [0.05, 0.1) is 18.8 Å². The summed E-state index contributed by atoms with van der Waals surface area (Å²) in [6.07, 6.45) is 5.69. The van der Waals surface area contributed by atoms with E-state index in [-0.39, 0.29) is 0 Å². The molecule has 0 unspecified atom stereocenters. The summed E-state index contributed by atoms with van der Waals surface area (Å²) in [6.45, 7) is 9.81. The van der Waals surface area contributed by atoms with Gasteiger partial charge in [0.2, 0.25) is 0 Å². The van der Waals surface area contributed by atoms with Crippen molar-refractivity contribution in [3.05, 3.63) is 11.9 Å². The second kappa shape index (κ2) is 6.48. The monoisotopic (exact) mass is 266 g/mol. The van der Waals surface area contributed by atoms with Crippen LogP contribution < -0.4 is 5.32 Å². The van der Waals surface area contributed by atoms with Gasteiger partial charge in [0, 0.05) is 25.4 Å². The van der Waals surface area contributed by atoms with Crippen LogP contribution in [-0.4, -0.2) is 34.2 Å². The Balaban J connectivity index is 1.57. The molecule has 1 aromatic heterocycles.